The van der Waals surface area contributed by atoms with Crippen molar-refractivity contribution < 1.29 is 0 Å². The summed E-state index contributed by atoms with van der Waals surface area (Å²) in [5, 5.41) is 0. The number of alkyl halides is 1. The molecule has 0 unspecified atom stereocenters. The van der Waals surface area contributed by atoms with Gasteiger partial charge in [-0.05, 0) is 36.6 Å². The first-order valence-corrected chi connectivity index (χ1v) is 4.10. The third-order valence-electron chi connectivity index (χ3n) is 2.01. The number of nitrogens with two attached hydrogens (primary N) is 1. The number of hydrogen-bond acceptors (Lipinski definition) is 1. The molecule has 0 heterocycles. The van der Waals surface area contributed by atoms with Gasteiger partial charge in [-0.2, -0.15) is 0 Å². The number of hydrogen-bond donors (Lipinski definition) is 1. The van der Waals surface area contributed by atoms with Crippen molar-refractivity contribution in [3.63, 3.8) is 0 Å². The SMILES string of the molecule is Cc1ccc(N)c(C)c1CCl. The van der Waals surface area contributed by atoms with E-state index in [2.05, 4.69) is 0 Å². The number of benzene rings is 1. The minimum atomic E-state index is 0.544. The lowest BCUT2D eigenvalue weighted by molar-refractivity contribution is 1.24. The second kappa shape index (κ2) is 3.14. The lowest BCUT2D eigenvalue weighted by Crippen LogP contribution is -1.96. The number of anilines is 1. The average Bonchev–Trinajstić information content (AvgIpc) is 1.99. The topological polar surface area (TPSA) is 26.0 Å². The molecule has 11 heavy (non-hydrogen) atoms. The van der Waals surface area contributed by atoms with Crippen LogP contribution < -0.4 is 5.73 Å². The predicted octanol–water partition coefficient (Wildman–Crippen LogP) is 2.62. The molecule has 0 saturated heterocycles. The highest BCUT2D eigenvalue weighted by atomic mass is 35.5. The molecule has 1 rings (SSSR count). The second-order valence-electron chi connectivity index (χ2n) is 2.71. The third kappa shape index (κ3) is 1.48. The Hall–Kier alpha value is -0.690. The highest BCUT2D eigenvalue weighted by Crippen LogP contribution is 2.21. The molecule has 1 aromatic rings. The Bertz CT molecular complexity index is 269. The van der Waals surface area contributed by atoms with E-state index in [0.29, 0.717) is 5.88 Å². The average molecular weight is 170 g/mol. The summed E-state index contributed by atoms with van der Waals surface area (Å²) in [7, 11) is 0. The van der Waals surface area contributed by atoms with E-state index >= 15 is 0 Å². The maximum Gasteiger partial charge on any atom is 0.0480 e. The summed E-state index contributed by atoms with van der Waals surface area (Å²) in [4.78, 5) is 0. The Morgan fingerprint density at radius 2 is 2.00 bits per heavy atom. The van der Waals surface area contributed by atoms with Gasteiger partial charge in [0.15, 0.2) is 0 Å². The largest absolute Gasteiger partial charge is 0.399 e. The van der Waals surface area contributed by atoms with E-state index in [-0.39, 0.29) is 0 Å². The molecule has 0 saturated carbocycles. The first kappa shape index (κ1) is 8.41. The Morgan fingerprint density at radius 3 is 2.45 bits per heavy atom. The Labute approximate surface area is 72.2 Å². The molecule has 0 amide bonds. The van der Waals surface area contributed by atoms with Gasteiger partial charge in [0, 0.05) is 11.6 Å². The predicted molar refractivity (Wildman–Crippen MR) is 49.9 cm³/mol. The van der Waals surface area contributed by atoms with Gasteiger partial charge in [-0.25, -0.2) is 0 Å². The quantitative estimate of drug-likeness (QED) is 0.508. The summed E-state index contributed by atoms with van der Waals surface area (Å²) in [6.07, 6.45) is 0. The van der Waals surface area contributed by atoms with Crippen molar-refractivity contribution in [1.82, 2.24) is 0 Å². The molecular formula is C9H12ClN. The normalized spacial score (nSPS) is 10.1. The molecule has 0 aliphatic rings. The summed E-state index contributed by atoms with van der Waals surface area (Å²) in [6, 6.07) is 3.92. The van der Waals surface area contributed by atoms with Crippen LogP contribution in [0.5, 0.6) is 0 Å². The Balaban J connectivity index is 3.29. The van der Waals surface area contributed by atoms with Gasteiger partial charge in [-0.3, -0.25) is 0 Å². The summed E-state index contributed by atoms with van der Waals surface area (Å²) in [6.45, 7) is 4.05. The lowest BCUT2D eigenvalue weighted by Gasteiger charge is -2.08. The Kier molecular flexibility index (Phi) is 2.40. The van der Waals surface area contributed by atoms with Crippen molar-refractivity contribution in [3.05, 3.63) is 28.8 Å². The van der Waals surface area contributed by atoms with Gasteiger partial charge in [0.05, 0.1) is 0 Å². The molecule has 0 spiro atoms. The zero-order valence-electron chi connectivity index (χ0n) is 6.82. The zero-order valence-corrected chi connectivity index (χ0v) is 7.57. The molecule has 0 radical (unpaired) electrons. The van der Waals surface area contributed by atoms with Gasteiger partial charge in [0.1, 0.15) is 0 Å². The molecule has 0 fully saturated rings. The van der Waals surface area contributed by atoms with E-state index in [1.807, 2.05) is 26.0 Å². The van der Waals surface area contributed by atoms with Crippen LogP contribution in [-0.4, -0.2) is 0 Å². The van der Waals surface area contributed by atoms with Crippen molar-refractivity contribution in [2.75, 3.05) is 5.73 Å². The summed E-state index contributed by atoms with van der Waals surface area (Å²) < 4.78 is 0. The van der Waals surface area contributed by atoms with E-state index in [1.54, 1.807) is 0 Å². The summed E-state index contributed by atoms with van der Waals surface area (Å²) in [5.41, 5.74) is 10.0. The van der Waals surface area contributed by atoms with Gasteiger partial charge in [0.25, 0.3) is 0 Å². The van der Waals surface area contributed by atoms with Gasteiger partial charge in [0.2, 0.25) is 0 Å². The first-order chi connectivity index (χ1) is 5.16. The molecule has 0 aliphatic carbocycles. The maximum atomic E-state index is 5.75. The van der Waals surface area contributed by atoms with Crippen LogP contribution in [0.1, 0.15) is 16.7 Å². The third-order valence-corrected chi connectivity index (χ3v) is 2.28. The number of nitrogen functional groups attached to an aromatic ring is 1. The summed E-state index contributed by atoms with van der Waals surface area (Å²) >= 11 is 5.75. The fourth-order valence-electron chi connectivity index (χ4n) is 1.12. The number of aryl methyl sites for hydroxylation is 1. The second-order valence-corrected chi connectivity index (χ2v) is 2.98. The highest BCUT2D eigenvalue weighted by Gasteiger charge is 2.02. The fourth-order valence-corrected chi connectivity index (χ4v) is 1.53. The van der Waals surface area contributed by atoms with Gasteiger partial charge < -0.3 is 5.73 Å². The number of halogens is 1. The smallest absolute Gasteiger partial charge is 0.0480 e. The highest BCUT2D eigenvalue weighted by molar-refractivity contribution is 6.17. The van der Waals surface area contributed by atoms with Crippen LogP contribution in [0.15, 0.2) is 12.1 Å². The van der Waals surface area contributed by atoms with Crippen LogP contribution in [0.2, 0.25) is 0 Å². The van der Waals surface area contributed by atoms with E-state index in [0.717, 1.165) is 16.8 Å². The van der Waals surface area contributed by atoms with Crippen LogP contribution in [0, 0.1) is 13.8 Å². The lowest BCUT2D eigenvalue weighted by atomic mass is 10.0. The van der Waals surface area contributed by atoms with Gasteiger partial charge in [-0.1, -0.05) is 6.07 Å². The molecular weight excluding hydrogens is 158 g/mol. The molecule has 2 heteroatoms. The minimum absolute atomic E-state index is 0.544. The standard InChI is InChI=1S/C9H12ClN/c1-6-3-4-9(11)7(2)8(6)5-10/h3-4H,5,11H2,1-2H3. The van der Waals surface area contributed by atoms with Crippen molar-refractivity contribution in [1.29, 1.82) is 0 Å². The van der Waals surface area contributed by atoms with Crippen LogP contribution in [-0.2, 0) is 5.88 Å². The molecule has 1 aromatic carbocycles. The van der Waals surface area contributed by atoms with Crippen LogP contribution in [0.3, 0.4) is 0 Å². The molecule has 2 N–H and O–H groups in total. The van der Waals surface area contributed by atoms with Crippen molar-refractivity contribution in [2.45, 2.75) is 19.7 Å². The van der Waals surface area contributed by atoms with Crippen LogP contribution in [0.25, 0.3) is 0 Å². The van der Waals surface area contributed by atoms with Crippen molar-refractivity contribution in [2.24, 2.45) is 0 Å². The molecule has 60 valence electrons. The Morgan fingerprint density at radius 1 is 1.36 bits per heavy atom. The van der Waals surface area contributed by atoms with E-state index < -0.39 is 0 Å². The van der Waals surface area contributed by atoms with Crippen molar-refractivity contribution in [3.8, 4) is 0 Å². The zero-order chi connectivity index (χ0) is 8.43. The van der Waals surface area contributed by atoms with E-state index in [4.69, 9.17) is 17.3 Å². The molecule has 0 atom stereocenters. The van der Waals surface area contributed by atoms with Gasteiger partial charge >= 0.3 is 0 Å². The van der Waals surface area contributed by atoms with Gasteiger partial charge in [-0.15, -0.1) is 11.6 Å². The van der Waals surface area contributed by atoms with Crippen LogP contribution in [0.4, 0.5) is 5.69 Å². The molecule has 0 aliphatic heterocycles. The molecule has 1 nitrogen and oxygen atoms in total. The summed E-state index contributed by atoms with van der Waals surface area (Å²) in [5.74, 6) is 0.544. The van der Waals surface area contributed by atoms with E-state index in [9.17, 15) is 0 Å². The molecule has 0 aromatic heterocycles. The van der Waals surface area contributed by atoms with Crippen molar-refractivity contribution >= 4 is 17.3 Å². The van der Waals surface area contributed by atoms with E-state index in [1.165, 1.54) is 5.56 Å². The first-order valence-electron chi connectivity index (χ1n) is 3.57. The fraction of sp³-hybridized carbons (Fsp3) is 0.333. The number of rotatable bonds is 1. The molecule has 0 bridgehead atoms. The monoisotopic (exact) mass is 169 g/mol. The van der Waals surface area contributed by atoms with Crippen LogP contribution >= 0.6 is 11.6 Å². The minimum Gasteiger partial charge on any atom is -0.399 e. The maximum absolute atomic E-state index is 5.75.